The van der Waals surface area contributed by atoms with Crippen LogP contribution in [0.5, 0.6) is 5.75 Å². The summed E-state index contributed by atoms with van der Waals surface area (Å²) in [5.74, 6) is -2.00. The highest BCUT2D eigenvalue weighted by atomic mass is 19.1. The predicted molar refractivity (Wildman–Crippen MR) is 109 cm³/mol. The van der Waals surface area contributed by atoms with Crippen molar-refractivity contribution in [2.45, 2.75) is 26.9 Å². The molecule has 2 N–H and O–H groups in total. The molecule has 6 nitrogen and oxygen atoms in total. The molecule has 156 valence electrons. The number of amides is 2. The van der Waals surface area contributed by atoms with Crippen molar-refractivity contribution in [1.82, 2.24) is 4.68 Å². The van der Waals surface area contributed by atoms with Crippen molar-refractivity contribution < 1.29 is 23.1 Å². The van der Waals surface area contributed by atoms with Crippen LogP contribution in [0.3, 0.4) is 0 Å². The first-order valence-electron chi connectivity index (χ1n) is 9.23. The molecule has 0 fully saturated rings. The molecular formula is C22H21F2N3O3. The van der Waals surface area contributed by atoms with Gasteiger partial charge >= 0.3 is 0 Å². The van der Waals surface area contributed by atoms with Crippen LogP contribution >= 0.6 is 0 Å². The van der Waals surface area contributed by atoms with Gasteiger partial charge < -0.3 is 10.1 Å². The van der Waals surface area contributed by atoms with Crippen molar-refractivity contribution in [2.75, 3.05) is 10.7 Å². The average Bonchev–Trinajstić information content (AvgIpc) is 3.03. The van der Waals surface area contributed by atoms with Gasteiger partial charge in [-0.25, -0.2) is 8.78 Å². The molecule has 30 heavy (non-hydrogen) atoms. The van der Waals surface area contributed by atoms with Gasteiger partial charge in [-0.05, 0) is 69.3 Å². The molecule has 1 atom stereocenters. The van der Waals surface area contributed by atoms with Crippen LogP contribution in [0.1, 0.15) is 28.7 Å². The van der Waals surface area contributed by atoms with Crippen molar-refractivity contribution in [1.29, 1.82) is 0 Å². The topological polar surface area (TPSA) is 72.4 Å². The summed E-state index contributed by atoms with van der Waals surface area (Å²) < 4.78 is 34.1. The van der Waals surface area contributed by atoms with E-state index in [4.69, 9.17) is 4.74 Å². The van der Waals surface area contributed by atoms with Gasteiger partial charge in [0.15, 0.2) is 6.10 Å². The molecule has 0 aliphatic carbocycles. The van der Waals surface area contributed by atoms with E-state index in [1.165, 1.54) is 6.92 Å². The zero-order valence-electron chi connectivity index (χ0n) is 16.7. The van der Waals surface area contributed by atoms with Crippen LogP contribution in [-0.2, 0) is 4.79 Å². The minimum absolute atomic E-state index is 0.266. The van der Waals surface area contributed by atoms with Crippen LogP contribution < -0.4 is 15.5 Å². The van der Waals surface area contributed by atoms with Gasteiger partial charge in [0, 0.05) is 23.0 Å². The summed E-state index contributed by atoms with van der Waals surface area (Å²) in [4.78, 5) is 24.6. The number of halogens is 2. The van der Waals surface area contributed by atoms with Gasteiger partial charge in [0.2, 0.25) is 0 Å². The molecular weight excluding hydrogens is 392 g/mol. The fourth-order valence-corrected chi connectivity index (χ4v) is 2.78. The second kappa shape index (κ2) is 8.77. The van der Waals surface area contributed by atoms with E-state index in [1.807, 2.05) is 26.0 Å². The van der Waals surface area contributed by atoms with Crippen LogP contribution in [0, 0.1) is 25.5 Å². The predicted octanol–water partition coefficient (Wildman–Crippen LogP) is 4.17. The smallest absolute Gasteiger partial charge is 0.270 e. The summed E-state index contributed by atoms with van der Waals surface area (Å²) in [5, 5.41) is 2.29. The molecule has 0 aliphatic heterocycles. The number of carbonyl (C=O) groups is 2. The number of anilines is 1. The molecule has 2 amide bonds. The van der Waals surface area contributed by atoms with E-state index in [1.54, 1.807) is 28.9 Å². The number of aryl methyl sites for hydroxylation is 2. The second-order valence-electron chi connectivity index (χ2n) is 6.79. The molecule has 1 aromatic heterocycles. The summed E-state index contributed by atoms with van der Waals surface area (Å²) in [6, 6.07) is 12.8. The highest BCUT2D eigenvalue weighted by molar-refractivity contribution is 6.00. The summed E-state index contributed by atoms with van der Waals surface area (Å²) in [6.07, 6.45) is -0.975. The second-order valence-corrected chi connectivity index (χ2v) is 6.79. The van der Waals surface area contributed by atoms with Crippen LogP contribution in [0.25, 0.3) is 0 Å². The van der Waals surface area contributed by atoms with Gasteiger partial charge in [-0.15, -0.1) is 0 Å². The van der Waals surface area contributed by atoms with Crippen LogP contribution in [-0.4, -0.2) is 22.6 Å². The molecule has 0 unspecified atom stereocenters. The highest BCUT2D eigenvalue weighted by Gasteiger charge is 2.17. The van der Waals surface area contributed by atoms with Crippen LogP contribution in [0.4, 0.5) is 14.5 Å². The van der Waals surface area contributed by atoms with Gasteiger partial charge in [0.1, 0.15) is 17.4 Å². The number of ether oxygens (including phenoxy) is 1. The maximum atomic E-state index is 13.7. The van der Waals surface area contributed by atoms with Gasteiger partial charge in [-0.2, -0.15) is 0 Å². The molecule has 2 aromatic carbocycles. The molecule has 0 bridgehead atoms. The van der Waals surface area contributed by atoms with Crippen molar-refractivity contribution in [3.8, 4) is 5.75 Å². The van der Waals surface area contributed by atoms with E-state index in [9.17, 15) is 18.4 Å². The van der Waals surface area contributed by atoms with Crippen molar-refractivity contribution in [3.05, 3.63) is 83.2 Å². The Bertz CT molecular complexity index is 1060. The molecule has 1 heterocycles. The standard InChI is InChI=1S/C22H21F2N3O3/c1-13-4-5-14(2)27(13)26-22(29)16-6-9-18(10-7-16)30-15(3)21(28)25-20-12-17(23)8-11-19(20)24/h4-12,15H,1-3H3,(H,25,28)(H,26,29)/t15-/m1/s1. The average molecular weight is 413 g/mol. The Kier molecular flexibility index (Phi) is 6.15. The van der Waals surface area contributed by atoms with Crippen molar-refractivity contribution in [2.24, 2.45) is 0 Å². The zero-order chi connectivity index (χ0) is 21.8. The Labute approximate surface area is 172 Å². The SMILES string of the molecule is Cc1ccc(C)n1NC(=O)c1ccc(O[C@H](C)C(=O)Nc2cc(F)ccc2F)cc1. The number of nitrogens with one attached hydrogen (secondary N) is 2. The molecule has 0 radical (unpaired) electrons. The molecule has 0 saturated heterocycles. The van der Waals surface area contributed by atoms with Gasteiger partial charge in [-0.1, -0.05) is 0 Å². The number of carbonyl (C=O) groups excluding carboxylic acids is 2. The monoisotopic (exact) mass is 413 g/mol. The van der Waals surface area contributed by atoms with Crippen LogP contribution in [0.2, 0.25) is 0 Å². The normalized spacial score (nSPS) is 11.6. The first kappa shape index (κ1) is 21.0. The van der Waals surface area contributed by atoms with E-state index < -0.39 is 23.6 Å². The lowest BCUT2D eigenvalue weighted by atomic mass is 10.2. The molecule has 3 rings (SSSR count). The van der Waals surface area contributed by atoms with E-state index >= 15 is 0 Å². The zero-order valence-corrected chi connectivity index (χ0v) is 16.7. The first-order chi connectivity index (χ1) is 14.2. The molecule has 0 saturated carbocycles. The fraction of sp³-hybridized carbons (Fsp3) is 0.182. The number of rotatable bonds is 6. The Hall–Kier alpha value is -3.68. The number of aromatic nitrogens is 1. The number of nitrogens with zero attached hydrogens (tertiary/aromatic N) is 1. The Balaban J connectivity index is 1.61. The van der Waals surface area contributed by atoms with E-state index in [0.717, 1.165) is 29.6 Å². The molecule has 0 aliphatic rings. The Morgan fingerprint density at radius 2 is 1.60 bits per heavy atom. The van der Waals surface area contributed by atoms with Crippen molar-refractivity contribution >= 4 is 17.5 Å². The van der Waals surface area contributed by atoms with Gasteiger partial charge in [0.25, 0.3) is 11.8 Å². The maximum absolute atomic E-state index is 13.7. The van der Waals surface area contributed by atoms with Crippen molar-refractivity contribution in [3.63, 3.8) is 0 Å². The molecule has 8 heteroatoms. The minimum atomic E-state index is -0.975. The lowest BCUT2D eigenvalue weighted by Crippen LogP contribution is -2.30. The Morgan fingerprint density at radius 3 is 2.23 bits per heavy atom. The lowest BCUT2D eigenvalue weighted by Gasteiger charge is -2.16. The number of hydrogen-bond donors (Lipinski definition) is 2. The molecule has 0 spiro atoms. The third-order valence-corrected chi connectivity index (χ3v) is 4.47. The van der Waals surface area contributed by atoms with E-state index in [-0.39, 0.29) is 11.6 Å². The van der Waals surface area contributed by atoms with Crippen LogP contribution in [0.15, 0.2) is 54.6 Å². The minimum Gasteiger partial charge on any atom is -0.481 e. The van der Waals surface area contributed by atoms with E-state index in [2.05, 4.69) is 10.7 Å². The Morgan fingerprint density at radius 1 is 0.967 bits per heavy atom. The summed E-state index contributed by atoms with van der Waals surface area (Å²) in [5.41, 5.74) is 4.74. The first-order valence-corrected chi connectivity index (χ1v) is 9.23. The lowest BCUT2D eigenvalue weighted by molar-refractivity contribution is -0.122. The maximum Gasteiger partial charge on any atom is 0.270 e. The van der Waals surface area contributed by atoms with Gasteiger partial charge in [-0.3, -0.25) is 19.7 Å². The van der Waals surface area contributed by atoms with Gasteiger partial charge in [0.05, 0.1) is 5.69 Å². The number of benzene rings is 2. The summed E-state index contributed by atoms with van der Waals surface area (Å²) >= 11 is 0. The summed E-state index contributed by atoms with van der Waals surface area (Å²) in [7, 11) is 0. The quantitative estimate of drug-likeness (QED) is 0.637. The molecule has 3 aromatic rings. The largest absolute Gasteiger partial charge is 0.481 e. The number of hydrogen-bond acceptors (Lipinski definition) is 3. The third-order valence-electron chi connectivity index (χ3n) is 4.47. The van der Waals surface area contributed by atoms with E-state index in [0.29, 0.717) is 11.3 Å². The fourth-order valence-electron chi connectivity index (χ4n) is 2.78. The highest BCUT2D eigenvalue weighted by Crippen LogP contribution is 2.18. The third kappa shape index (κ3) is 4.83. The summed E-state index contributed by atoms with van der Waals surface area (Å²) in [6.45, 7) is 5.24.